The van der Waals surface area contributed by atoms with E-state index in [-0.39, 0.29) is 11.8 Å². The van der Waals surface area contributed by atoms with Crippen molar-refractivity contribution in [2.45, 2.75) is 46.6 Å². The molecule has 26 heavy (non-hydrogen) atoms. The molecular weight excluding hydrogens is 396 g/mol. The van der Waals surface area contributed by atoms with Crippen LogP contribution < -0.4 is 11.1 Å². The van der Waals surface area contributed by atoms with Gasteiger partial charge in [-0.1, -0.05) is 13.8 Å². The monoisotopic (exact) mass is 420 g/mol. The lowest BCUT2D eigenvalue weighted by Crippen LogP contribution is -2.56. The molecule has 1 aromatic heterocycles. The fourth-order valence-electron chi connectivity index (χ4n) is 2.98. The largest absolute Gasteiger partial charge is 0.368 e. The molecule has 3 N–H and O–H groups in total. The van der Waals surface area contributed by atoms with E-state index in [1.54, 1.807) is 19.1 Å². The molecule has 7 heteroatoms. The first-order chi connectivity index (χ1) is 12.0. The molecule has 2 rings (SSSR count). The number of carbonyl (C=O) groups excluding carboxylic acids is 2. The van der Waals surface area contributed by atoms with Crippen LogP contribution in [0.5, 0.6) is 0 Å². The Labute approximate surface area is 162 Å². The number of nitrogens with zero attached hydrogens (tertiary/aromatic N) is 2. The number of hydrogen-bond acceptors (Lipinski definition) is 3. The Morgan fingerprint density at radius 3 is 2.27 bits per heavy atom. The predicted molar refractivity (Wildman–Crippen MR) is 105 cm³/mol. The molecule has 1 atom stereocenters. The summed E-state index contributed by atoms with van der Waals surface area (Å²) < 4.78 is 2.78. The number of benzene rings is 1. The molecule has 0 bridgehead atoms. The van der Waals surface area contributed by atoms with E-state index in [1.165, 1.54) is 0 Å². The maximum absolute atomic E-state index is 12.6. The van der Waals surface area contributed by atoms with Gasteiger partial charge in [-0.2, -0.15) is 5.10 Å². The first-order valence-electron chi connectivity index (χ1n) is 8.49. The maximum atomic E-state index is 12.6. The summed E-state index contributed by atoms with van der Waals surface area (Å²) in [5.74, 6) is -0.642. The van der Waals surface area contributed by atoms with Crippen molar-refractivity contribution in [2.75, 3.05) is 0 Å². The number of hydrogen-bond donors (Lipinski definition) is 2. The van der Waals surface area contributed by atoms with Gasteiger partial charge >= 0.3 is 0 Å². The summed E-state index contributed by atoms with van der Waals surface area (Å²) in [6.45, 7) is 9.52. The van der Waals surface area contributed by atoms with Gasteiger partial charge in [-0.25, -0.2) is 4.68 Å². The van der Waals surface area contributed by atoms with Gasteiger partial charge in [-0.3, -0.25) is 9.59 Å². The third-order valence-electron chi connectivity index (χ3n) is 4.33. The number of halogens is 1. The van der Waals surface area contributed by atoms with Crippen molar-refractivity contribution in [3.63, 3.8) is 0 Å². The topological polar surface area (TPSA) is 90.0 Å². The second-order valence-electron chi connectivity index (χ2n) is 7.19. The molecule has 2 aromatic rings. The molecule has 0 saturated carbocycles. The number of amides is 2. The summed E-state index contributed by atoms with van der Waals surface area (Å²) >= 11 is 3.51. The van der Waals surface area contributed by atoms with E-state index in [0.717, 1.165) is 21.5 Å². The minimum Gasteiger partial charge on any atom is -0.368 e. The first-order valence-corrected chi connectivity index (χ1v) is 9.29. The van der Waals surface area contributed by atoms with E-state index in [0.29, 0.717) is 12.0 Å². The average Bonchev–Trinajstić information content (AvgIpc) is 2.81. The Balaban J connectivity index is 2.23. The van der Waals surface area contributed by atoms with Crippen LogP contribution >= 0.6 is 15.9 Å². The molecule has 0 spiro atoms. The lowest BCUT2D eigenvalue weighted by molar-refractivity contribution is -0.124. The summed E-state index contributed by atoms with van der Waals surface area (Å²) in [7, 11) is 0. The van der Waals surface area contributed by atoms with Crippen LogP contribution in [0, 0.1) is 19.8 Å². The Bertz CT molecular complexity index is 827. The van der Waals surface area contributed by atoms with Gasteiger partial charge in [-0.15, -0.1) is 0 Å². The van der Waals surface area contributed by atoms with Crippen molar-refractivity contribution in [3.05, 3.63) is 45.7 Å². The highest BCUT2D eigenvalue weighted by Gasteiger charge is 2.33. The third kappa shape index (κ3) is 4.15. The van der Waals surface area contributed by atoms with Crippen molar-refractivity contribution < 1.29 is 9.59 Å². The molecule has 1 unspecified atom stereocenters. The predicted octanol–water partition coefficient (Wildman–Crippen LogP) is 3.27. The molecular formula is C19H25BrN4O2. The number of aryl methyl sites for hydroxylation is 1. The van der Waals surface area contributed by atoms with Gasteiger partial charge in [0, 0.05) is 5.56 Å². The molecule has 140 valence electrons. The van der Waals surface area contributed by atoms with Gasteiger partial charge in [0.05, 0.1) is 21.5 Å². The molecule has 1 aromatic carbocycles. The van der Waals surface area contributed by atoms with Gasteiger partial charge < -0.3 is 11.1 Å². The zero-order chi connectivity index (χ0) is 19.6. The van der Waals surface area contributed by atoms with E-state index in [9.17, 15) is 9.59 Å². The lowest BCUT2D eigenvalue weighted by Gasteiger charge is -2.29. The minimum atomic E-state index is -1.08. The van der Waals surface area contributed by atoms with Gasteiger partial charge in [0.2, 0.25) is 5.91 Å². The summed E-state index contributed by atoms with van der Waals surface area (Å²) in [5.41, 5.74) is 7.63. The van der Waals surface area contributed by atoms with Crippen molar-refractivity contribution in [1.82, 2.24) is 15.1 Å². The maximum Gasteiger partial charge on any atom is 0.252 e. The normalized spacial score (nSPS) is 13.5. The van der Waals surface area contributed by atoms with E-state index >= 15 is 0 Å². The Kier molecular flexibility index (Phi) is 5.91. The molecule has 2 amide bonds. The second kappa shape index (κ2) is 7.61. The van der Waals surface area contributed by atoms with E-state index in [1.807, 2.05) is 44.5 Å². The van der Waals surface area contributed by atoms with Gasteiger partial charge in [-0.05, 0) is 73.3 Å². The van der Waals surface area contributed by atoms with E-state index in [2.05, 4.69) is 26.3 Å². The van der Waals surface area contributed by atoms with Gasteiger partial charge in [0.15, 0.2) is 0 Å². The fourth-order valence-corrected chi connectivity index (χ4v) is 3.23. The molecule has 0 radical (unpaired) electrons. The number of nitrogens with two attached hydrogens (primary N) is 1. The second-order valence-corrected chi connectivity index (χ2v) is 7.98. The number of carbonyl (C=O) groups is 2. The van der Waals surface area contributed by atoms with E-state index < -0.39 is 11.4 Å². The summed E-state index contributed by atoms with van der Waals surface area (Å²) in [5, 5.41) is 7.26. The molecule has 0 saturated heterocycles. The Morgan fingerprint density at radius 2 is 1.85 bits per heavy atom. The van der Waals surface area contributed by atoms with Crippen LogP contribution in [-0.2, 0) is 4.79 Å². The molecule has 1 heterocycles. The number of aromatic nitrogens is 2. The highest BCUT2D eigenvalue weighted by Crippen LogP contribution is 2.23. The highest BCUT2D eigenvalue weighted by atomic mass is 79.9. The van der Waals surface area contributed by atoms with Crippen LogP contribution in [0.15, 0.2) is 28.7 Å². The standard InChI is InChI=1S/C19H25BrN4O2/c1-11(2)10-19(5,18(21)26)22-17(25)14-6-8-15(9-7-14)24-13(4)16(20)12(3)23-24/h6-9,11H,10H2,1-5H3,(H2,21,26)(H,22,25). The van der Waals surface area contributed by atoms with Crippen LogP contribution in [0.3, 0.4) is 0 Å². The van der Waals surface area contributed by atoms with Crippen LogP contribution in [-0.4, -0.2) is 27.1 Å². The SMILES string of the molecule is Cc1nn(-c2ccc(C(=O)NC(C)(CC(C)C)C(N)=O)cc2)c(C)c1Br. The third-order valence-corrected chi connectivity index (χ3v) is 5.47. The molecule has 6 nitrogen and oxygen atoms in total. The van der Waals surface area contributed by atoms with Crippen LogP contribution in [0.2, 0.25) is 0 Å². The quantitative estimate of drug-likeness (QED) is 0.750. The highest BCUT2D eigenvalue weighted by molar-refractivity contribution is 9.10. The van der Waals surface area contributed by atoms with Crippen LogP contribution in [0.4, 0.5) is 0 Å². The summed E-state index contributed by atoms with van der Waals surface area (Å²) in [6.07, 6.45) is 0.478. The summed E-state index contributed by atoms with van der Waals surface area (Å²) in [4.78, 5) is 24.4. The number of rotatable bonds is 6. The first kappa shape index (κ1) is 20.2. The minimum absolute atomic E-state index is 0.222. The zero-order valence-electron chi connectivity index (χ0n) is 15.8. The fraction of sp³-hybridized carbons (Fsp3) is 0.421. The molecule has 0 aliphatic heterocycles. The van der Waals surface area contributed by atoms with Crippen molar-refractivity contribution in [1.29, 1.82) is 0 Å². The number of primary amides is 1. The van der Waals surface area contributed by atoms with Crippen molar-refractivity contribution >= 4 is 27.7 Å². The van der Waals surface area contributed by atoms with E-state index in [4.69, 9.17) is 5.73 Å². The lowest BCUT2D eigenvalue weighted by atomic mass is 9.89. The Hall–Kier alpha value is -2.15. The van der Waals surface area contributed by atoms with Crippen molar-refractivity contribution in [2.24, 2.45) is 11.7 Å². The smallest absolute Gasteiger partial charge is 0.252 e. The van der Waals surface area contributed by atoms with Gasteiger partial charge in [0.1, 0.15) is 5.54 Å². The average molecular weight is 421 g/mol. The Morgan fingerprint density at radius 1 is 1.27 bits per heavy atom. The van der Waals surface area contributed by atoms with Crippen LogP contribution in [0.1, 0.15) is 48.9 Å². The molecule has 0 aliphatic rings. The molecule has 0 fully saturated rings. The van der Waals surface area contributed by atoms with Crippen LogP contribution in [0.25, 0.3) is 5.69 Å². The summed E-state index contributed by atoms with van der Waals surface area (Å²) in [6, 6.07) is 7.08. The zero-order valence-corrected chi connectivity index (χ0v) is 17.3. The van der Waals surface area contributed by atoms with Gasteiger partial charge in [0.25, 0.3) is 5.91 Å². The van der Waals surface area contributed by atoms with Crippen molar-refractivity contribution in [3.8, 4) is 5.69 Å². The molecule has 0 aliphatic carbocycles. The number of nitrogens with one attached hydrogen (secondary N) is 1.